The van der Waals surface area contributed by atoms with Crippen LogP contribution < -0.4 is 10.9 Å². The van der Waals surface area contributed by atoms with Crippen molar-refractivity contribution in [1.29, 1.82) is 0 Å². The number of hydrogen-bond donors (Lipinski definition) is 2. The summed E-state index contributed by atoms with van der Waals surface area (Å²) >= 11 is 0. The van der Waals surface area contributed by atoms with Gasteiger partial charge in [-0.15, -0.1) is 5.10 Å². The van der Waals surface area contributed by atoms with Crippen molar-refractivity contribution >= 4 is 11.8 Å². The summed E-state index contributed by atoms with van der Waals surface area (Å²) < 4.78 is 19.9. The molecular weight excluding hydrogens is 379 g/mol. The Morgan fingerprint density at radius 2 is 1.62 bits per heavy atom. The maximum absolute atomic E-state index is 13.0. The van der Waals surface area contributed by atoms with E-state index in [1.165, 1.54) is 41.3 Å². The van der Waals surface area contributed by atoms with Crippen LogP contribution in [0.25, 0.3) is 17.0 Å². The zero-order chi connectivity index (χ0) is 20.2. The number of amides is 2. The van der Waals surface area contributed by atoms with Crippen molar-refractivity contribution in [2.24, 2.45) is 0 Å². The van der Waals surface area contributed by atoms with E-state index in [2.05, 4.69) is 26.4 Å². The lowest BCUT2D eigenvalue weighted by molar-refractivity contribution is 0.0831. The summed E-state index contributed by atoms with van der Waals surface area (Å²) in [6.07, 6.45) is 1.43. The molecule has 29 heavy (non-hydrogen) atoms. The van der Waals surface area contributed by atoms with Gasteiger partial charge in [0.1, 0.15) is 17.9 Å². The fraction of sp³-hybridized carbons (Fsp3) is 0. The quantitative estimate of drug-likeness (QED) is 0.514. The molecule has 2 amide bonds. The Balaban J connectivity index is 1.37. The van der Waals surface area contributed by atoms with Gasteiger partial charge in [-0.05, 0) is 71.1 Å². The van der Waals surface area contributed by atoms with Gasteiger partial charge in [-0.2, -0.15) is 0 Å². The highest BCUT2D eigenvalue weighted by Gasteiger charge is 2.14. The minimum atomic E-state index is -0.628. The summed E-state index contributed by atoms with van der Waals surface area (Å²) in [5, 5.41) is 10.8. The topological polar surface area (TPSA) is 115 Å². The molecule has 0 fully saturated rings. The number of hydrazine groups is 1. The third kappa shape index (κ3) is 4.00. The van der Waals surface area contributed by atoms with Crippen LogP contribution >= 0.6 is 0 Å². The highest BCUT2D eigenvalue weighted by Crippen LogP contribution is 2.22. The first-order chi connectivity index (χ1) is 14.1. The zero-order valence-corrected chi connectivity index (χ0v) is 14.7. The molecule has 0 atom stereocenters. The summed E-state index contributed by atoms with van der Waals surface area (Å²) in [5.41, 5.74) is 6.23. The Morgan fingerprint density at radius 1 is 0.897 bits per heavy atom. The number of hydrogen-bond acceptors (Lipinski definition) is 6. The molecule has 0 aliphatic heterocycles. The second-order valence-corrected chi connectivity index (χ2v) is 5.88. The monoisotopic (exact) mass is 392 g/mol. The van der Waals surface area contributed by atoms with Gasteiger partial charge in [0.05, 0.1) is 5.69 Å². The molecule has 0 bridgehead atoms. The van der Waals surface area contributed by atoms with E-state index < -0.39 is 11.8 Å². The smallest absolute Gasteiger partial charge is 0.305 e. The summed E-state index contributed by atoms with van der Waals surface area (Å²) in [7, 11) is 0. The Labute approximate surface area is 163 Å². The largest absolute Gasteiger partial charge is 0.451 e. The molecule has 0 radical (unpaired) electrons. The van der Waals surface area contributed by atoms with E-state index in [9.17, 15) is 14.0 Å². The normalized spacial score (nSPS) is 10.5. The average molecular weight is 392 g/mol. The molecule has 0 spiro atoms. The lowest BCUT2D eigenvalue weighted by Gasteiger charge is -2.07. The molecule has 9 nitrogen and oxygen atoms in total. The predicted molar refractivity (Wildman–Crippen MR) is 98.2 cm³/mol. The van der Waals surface area contributed by atoms with E-state index in [-0.39, 0.29) is 11.6 Å². The van der Waals surface area contributed by atoms with Gasteiger partial charge in [0.2, 0.25) is 0 Å². The number of nitrogens with one attached hydrogen (secondary N) is 2. The van der Waals surface area contributed by atoms with Crippen LogP contribution in [-0.2, 0) is 0 Å². The van der Waals surface area contributed by atoms with E-state index in [0.29, 0.717) is 22.6 Å². The molecule has 0 saturated heterocycles. The third-order valence-electron chi connectivity index (χ3n) is 3.99. The van der Waals surface area contributed by atoms with Crippen molar-refractivity contribution in [2.75, 3.05) is 0 Å². The molecule has 2 aromatic carbocycles. The van der Waals surface area contributed by atoms with Crippen molar-refractivity contribution in [3.8, 4) is 17.0 Å². The van der Waals surface area contributed by atoms with Crippen LogP contribution in [-0.4, -0.2) is 32.0 Å². The van der Waals surface area contributed by atoms with E-state index in [4.69, 9.17) is 4.42 Å². The highest BCUT2D eigenvalue weighted by atomic mass is 19.1. The number of furan rings is 1. The van der Waals surface area contributed by atoms with Gasteiger partial charge in [0.15, 0.2) is 5.76 Å². The number of halogens is 1. The molecular formula is C19H13FN6O3. The van der Waals surface area contributed by atoms with E-state index in [1.807, 2.05) is 0 Å². The predicted octanol–water partition coefficient (Wildman–Crippen LogP) is 2.14. The molecule has 4 aromatic rings. The lowest BCUT2D eigenvalue weighted by Crippen LogP contribution is -2.41. The highest BCUT2D eigenvalue weighted by molar-refractivity contribution is 5.98. The molecule has 10 heteroatoms. The van der Waals surface area contributed by atoms with Crippen molar-refractivity contribution in [3.05, 3.63) is 84.1 Å². The van der Waals surface area contributed by atoms with Gasteiger partial charge in [-0.1, -0.05) is 0 Å². The summed E-state index contributed by atoms with van der Waals surface area (Å²) in [6, 6.07) is 15.2. The maximum Gasteiger partial charge on any atom is 0.305 e. The van der Waals surface area contributed by atoms with Gasteiger partial charge in [0, 0.05) is 11.1 Å². The summed E-state index contributed by atoms with van der Waals surface area (Å²) in [6.45, 7) is 0. The van der Waals surface area contributed by atoms with E-state index in [0.717, 1.165) is 0 Å². The van der Waals surface area contributed by atoms with Crippen molar-refractivity contribution in [1.82, 2.24) is 31.1 Å². The number of rotatable bonds is 4. The lowest BCUT2D eigenvalue weighted by atomic mass is 10.2. The number of aromatic nitrogens is 4. The number of tetrazole rings is 1. The molecule has 4 rings (SSSR count). The van der Waals surface area contributed by atoms with Crippen LogP contribution in [0.1, 0.15) is 20.9 Å². The van der Waals surface area contributed by atoms with Gasteiger partial charge >= 0.3 is 5.91 Å². The molecule has 0 aliphatic carbocycles. The number of carbonyl (C=O) groups excluding carboxylic acids is 2. The van der Waals surface area contributed by atoms with Gasteiger partial charge < -0.3 is 4.42 Å². The van der Waals surface area contributed by atoms with Crippen molar-refractivity contribution in [2.45, 2.75) is 0 Å². The third-order valence-corrected chi connectivity index (χ3v) is 3.99. The standard InChI is InChI=1S/C19H13FN6O3/c20-14-5-1-12(2-6-14)16-9-10-17(29-16)19(28)23-22-18(27)13-3-7-15(8-4-13)26-11-21-24-25-26/h1-11H,(H,22,27)(H,23,28). The Kier molecular flexibility index (Phi) is 4.81. The van der Waals surface area contributed by atoms with Crippen LogP contribution in [0.2, 0.25) is 0 Å². The second kappa shape index (κ2) is 7.72. The first-order valence-corrected chi connectivity index (χ1v) is 8.40. The average Bonchev–Trinajstić information content (AvgIpc) is 3.45. The molecule has 0 unspecified atom stereocenters. The molecule has 2 aromatic heterocycles. The minimum Gasteiger partial charge on any atom is -0.451 e. The Hall–Kier alpha value is -4.34. The van der Waals surface area contributed by atoms with Gasteiger partial charge in [-0.3, -0.25) is 20.4 Å². The molecule has 0 aliphatic rings. The zero-order valence-electron chi connectivity index (χ0n) is 14.7. The minimum absolute atomic E-state index is 0.00125. The van der Waals surface area contributed by atoms with Crippen molar-refractivity contribution < 1.29 is 18.4 Å². The van der Waals surface area contributed by atoms with Crippen LogP contribution in [0.5, 0.6) is 0 Å². The Bertz CT molecular complexity index is 1140. The fourth-order valence-corrected chi connectivity index (χ4v) is 2.52. The second-order valence-electron chi connectivity index (χ2n) is 5.88. The van der Waals surface area contributed by atoms with E-state index >= 15 is 0 Å². The Morgan fingerprint density at radius 3 is 2.31 bits per heavy atom. The van der Waals surface area contributed by atoms with Crippen LogP contribution in [0.3, 0.4) is 0 Å². The van der Waals surface area contributed by atoms with Gasteiger partial charge in [0.25, 0.3) is 5.91 Å². The van der Waals surface area contributed by atoms with Crippen LogP contribution in [0, 0.1) is 5.82 Å². The summed E-state index contributed by atoms with van der Waals surface area (Å²) in [4.78, 5) is 24.4. The van der Waals surface area contributed by atoms with Crippen LogP contribution in [0.15, 0.2) is 71.4 Å². The maximum atomic E-state index is 13.0. The molecule has 2 heterocycles. The molecule has 0 saturated carbocycles. The first-order valence-electron chi connectivity index (χ1n) is 8.40. The van der Waals surface area contributed by atoms with Crippen LogP contribution in [0.4, 0.5) is 4.39 Å². The van der Waals surface area contributed by atoms with Crippen molar-refractivity contribution in [3.63, 3.8) is 0 Å². The SMILES string of the molecule is O=C(NNC(=O)c1ccc(-c2ccc(F)cc2)o1)c1ccc(-n2cnnn2)cc1. The molecule has 2 N–H and O–H groups in total. The van der Waals surface area contributed by atoms with E-state index in [1.54, 1.807) is 30.3 Å². The number of carbonyl (C=O) groups is 2. The summed E-state index contributed by atoms with van der Waals surface area (Å²) in [5.74, 6) is -1.10. The molecule has 144 valence electrons. The first kappa shape index (κ1) is 18.0. The van der Waals surface area contributed by atoms with Gasteiger partial charge in [-0.25, -0.2) is 9.07 Å². The number of nitrogens with zero attached hydrogens (tertiary/aromatic N) is 4. The number of benzene rings is 2. The fourth-order valence-electron chi connectivity index (χ4n) is 2.52.